The maximum absolute atomic E-state index is 13.1. The summed E-state index contributed by atoms with van der Waals surface area (Å²) in [6.45, 7) is 7.97. The van der Waals surface area contributed by atoms with Gasteiger partial charge in [0, 0.05) is 58.8 Å². The number of halogens is 2. The smallest absolute Gasteiger partial charge is 0.183 e. The molecule has 2 aromatic carbocycles. The molecule has 0 saturated carbocycles. The van der Waals surface area contributed by atoms with Crippen molar-refractivity contribution < 1.29 is 8.42 Å². The van der Waals surface area contributed by atoms with E-state index in [1.54, 1.807) is 24.3 Å². The predicted octanol–water partition coefficient (Wildman–Crippen LogP) is 4.70. The van der Waals surface area contributed by atoms with Crippen molar-refractivity contribution in [2.24, 2.45) is 0 Å². The van der Waals surface area contributed by atoms with Crippen molar-refractivity contribution in [2.45, 2.75) is 24.1 Å². The summed E-state index contributed by atoms with van der Waals surface area (Å²) in [5.74, 6) is -0.0643. The Labute approximate surface area is 191 Å². The molecule has 1 N–H and O–H groups in total. The van der Waals surface area contributed by atoms with Crippen molar-refractivity contribution in [3.63, 3.8) is 0 Å². The molecular weight excluding hydrogens is 486 g/mol. The van der Waals surface area contributed by atoms with Crippen molar-refractivity contribution >= 4 is 48.3 Å². The lowest BCUT2D eigenvalue weighted by Gasteiger charge is -2.34. The Morgan fingerprint density at radius 3 is 2.37 bits per heavy atom. The molecule has 1 saturated heterocycles. The zero-order chi connectivity index (χ0) is 21.3. The summed E-state index contributed by atoms with van der Waals surface area (Å²) in [6, 6.07) is 12.5. The number of hydrogen-bond donors (Lipinski definition) is 1. The number of piperazine rings is 1. The molecule has 4 rings (SSSR count). The fraction of sp³-hybridized carbons (Fsp3) is 0.364. The zero-order valence-corrected chi connectivity index (χ0v) is 20.0. The first-order valence-corrected chi connectivity index (χ1v) is 12.9. The average molecular weight is 511 g/mol. The third-order valence-electron chi connectivity index (χ3n) is 5.76. The van der Waals surface area contributed by atoms with E-state index in [-0.39, 0.29) is 5.75 Å². The van der Waals surface area contributed by atoms with Crippen molar-refractivity contribution in [1.82, 2.24) is 14.8 Å². The van der Waals surface area contributed by atoms with Crippen molar-refractivity contribution in [3.8, 4) is 0 Å². The normalized spacial score (nSPS) is 16.4. The van der Waals surface area contributed by atoms with E-state index in [0.29, 0.717) is 16.5 Å². The monoisotopic (exact) mass is 509 g/mol. The molecule has 0 atom stereocenters. The van der Waals surface area contributed by atoms with E-state index < -0.39 is 9.84 Å². The highest BCUT2D eigenvalue weighted by Crippen LogP contribution is 2.30. The van der Waals surface area contributed by atoms with Crippen LogP contribution in [-0.4, -0.2) is 55.9 Å². The highest BCUT2D eigenvalue weighted by Gasteiger charge is 2.23. The third-order valence-corrected chi connectivity index (χ3v) is 8.18. The van der Waals surface area contributed by atoms with Gasteiger partial charge in [-0.1, -0.05) is 34.5 Å². The molecule has 5 nitrogen and oxygen atoms in total. The second-order valence-corrected chi connectivity index (χ2v) is 11.0. The lowest BCUT2D eigenvalue weighted by atomic mass is 10.1. The van der Waals surface area contributed by atoms with Crippen LogP contribution in [0.3, 0.4) is 0 Å². The molecule has 160 valence electrons. The fourth-order valence-corrected chi connectivity index (χ4v) is 5.76. The van der Waals surface area contributed by atoms with E-state index >= 15 is 0 Å². The highest BCUT2D eigenvalue weighted by atomic mass is 79.9. The number of benzene rings is 2. The zero-order valence-electron chi connectivity index (χ0n) is 16.9. The quantitative estimate of drug-likeness (QED) is 0.522. The number of rotatable bonds is 6. The van der Waals surface area contributed by atoms with E-state index in [4.69, 9.17) is 11.6 Å². The van der Waals surface area contributed by atoms with Gasteiger partial charge < -0.3 is 9.88 Å². The summed E-state index contributed by atoms with van der Waals surface area (Å²) in [5.41, 5.74) is 2.69. The number of aromatic amines is 1. The van der Waals surface area contributed by atoms with Gasteiger partial charge in [0.2, 0.25) is 0 Å². The van der Waals surface area contributed by atoms with Crippen molar-refractivity contribution in [1.29, 1.82) is 0 Å². The van der Waals surface area contributed by atoms with Gasteiger partial charge in [0.15, 0.2) is 9.84 Å². The number of nitrogens with zero attached hydrogens (tertiary/aromatic N) is 2. The molecule has 0 unspecified atom stereocenters. The van der Waals surface area contributed by atoms with Gasteiger partial charge in [-0.25, -0.2) is 8.42 Å². The third kappa shape index (κ3) is 4.75. The van der Waals surface area contributed by atoms with Gasteiger partial charge in [0.1, 0.15) is 0 Å². The summed E-state index contributed by atoms with van der Waals surface area (Å²) in [6.07, 6.45) is 0. The summed E-state index contributed by atoms with van der Waals surface area (Å²) >= 11 is 9.63. The number of sulfone groups is 1. The molecule has 1 fully saturated rings. The Morgan fingerprint density at radius 2 is 1.70 bits per heavy atom. The first-order valence-electron chi connectivity index (χ1n) is 10.1. The van der Waals surface area contributed by atoms with Crippen LogP contribution in [0.15, 0.2) is 51.8 Å². The molecule has 30 heavy (non-hydrogen) atoms. The first kappa shape index (κ1) is 21.8. The summed E-state index contributed by atoms with van der Waals surface area (Å²) in [4.78, 5) is 8.50. The molecule has 0 spiro atoms. The Hall–Kier alpha value is -1.38. The largest absolute Gasteiger partial charge is 0.357 e. The van der Waals surface area contributed by atoms with Crippen LogP contribution in [0.4, 0.5) is 0 Å². The molecule has 0 bridgehead atoms. The van der Waals surface area contributed by atoms with Crippen LogP contribution in [0.2, 0.25) is 5.02 Å². The van der Waals surface area contributed by atoms with Crippen LogP contribution < -0.4 is 0 Å². The second kappa shape index (κ2) is 9.01. The number of aromatic nitrogens is 1. The molecule has 0 aliphatic carbocycles. The fourth-order valence-electron chi connectivity index (χ4n) is 3.98. The van der Waals surface area contributed by atoms with E-state index in [1.165, 1.54) is 0 Å². The maximum Gasteiger partial charge on any atom is 0.183 e. The SMILES string of the molecule is CCN1CCN(Cc2c(CS(=O)(=O)c3ccc(Br)cc3)[nH]c3ccc(Cl)cc23)CC1. The van der Waals surface area contributed by atoms with Gasteiger partial charge in [-0.3, -0.25) is 4.90 Å². The summed E-state index contributed by atoms with van der Waals surface area (Å²) < 4.78 is 27.1. The number of nitrogens with one attached hydrogen (secondary N) is 1. The van der Waals surface area contributed by atoms with Gasteiger partial charge in [0.25, 0.3) is 0 Å². The molecular formula is C22H25BrClN3O2S. The molecule has 3 aromatic rings. The van der Waals surface area contributed by atoms with E-state index in [2.05, 4.69) is 37.6 Å². The minimum Gasteiger partial charge on any atom is -0.357 e. The van der Waals surface area contributed by atoms with E-state index in [9.17, 15) is 8.42 Å². The second-order valence-electron chi connectivity index (χ2n) is 7.70. The molecule has 1 aliphatic heterocycles. The topological polar surface area (TPSA) is 56.4 Å². The van der Waals surface area contributed by atoms with Gasteiger partial charge in [-0.15, -0.1) is 0 Å². The Bertz CT molecular complexity index is 1140. The lowest BCUT2D eigenvalue weighted by molar-refractivity contribution is 0.132. The molecule has 1 aliphatic rings. The highest BCUT2D eigenvalue weighted by molar-refractivity contribution is 9.10. The average Bonchev–Trinajstić information content (AvgIpc) is 3.04. The van der Waals surface area contributed by atoms with Crippen molar-refractivity contribution in [2.75, 3.05) is 32.7 Å². The number of likely N-dealkylation sites (N-methyl/N-ethyl adjacent to an activating group) is 1. The van der Waals surface area contributed by atoms with Crippen LogP contribution in [0.5, 0.6) is 0 Å². The van der Waals surface area contributed by atoms with Gasteiger partial charge in [-0.2, -0.15) is 0 Å². The van der Waals surface area contributed by atoms with Gasteiger partial charge >= 0.3 is 0 Å². The van der Waals surface area contributed by atoms with Crippen LogP contribution >= 0.6 is 27.5 Å². The lowest BCUT2D eigenvalue weighted by Crippen LogP contribution is -2.45. The van der Waals surface area contributed by atoms with Crippen LogP contribution in [-0.2, 0) is 22.1 Å². The Balaban J connectivity index is 1.67. The molecule has 0 amide bonds. The van der Waals surface area contributed by atoms with Crippen LogP contribution in [0.25, 0.3) is 10.9 Å². The van der Waals surface area contributed by atoms with Crippen LogP contribution in [0.1, 0.15) is 18.2 Å². The number of hydrogen-bond acceptors (Lipinski definition) is 4. The first-order chi connectivity index (χ1) is 14.4. The summed E-state index contributed by atoms with van der Waals surface area (Å²) in [7, 11) is -3.48. The minimum atomic E-state index is -3.48. The van der Waals surface area contributed by atoms with Gasteiger partial charge in [0.05, 0.1) is 10.6 Å². The molecule has 8 heteroatoms. The molecule has 2 heterocycles. The van der Waals surface area contributed by atoms with Crippen molar-refractivity contribution in [3.05, 3.63) is 63.2 Å². The molecule has 1 aromatic heterocycles. The summed E-state index contributed by atoms with van der Waals surface area (Å²) in [5, 5.41) is 1.65. The van der Waals surface area contributed by atoms with Gasteiger partial charge in [-0.05, 0) is 54.6 Å². The Kier molecular flexibility index (Phi) is 6.55. The van der Waals surface area contributed by atoms with E-state index in [0.717, 1.165) is 59.4 Å². The molecule has 0 radical (unpaired) electrons. The predicted molar refractivity (Wildman–Crippen MR) is 126 cm³/mol. The Morgan fingerprint density at radius 1 is 1.03 bits per heavy atom. The maximum atomic E-state index is 13.1. The standard InChI is InChI=1S/C22H25BrClN3O2S/c1-2-26-9-11-27(12-10-26)14-20-19-13-17(24)5-8-21(19)25-22(20)15-30(28,29)18-6-3-16(23)4-7-18/h3-8,13,25H,2,9-12,14-15H2,1H3. The number of fused-ring (bicyclic) bond motifs is 1. The minimum absolute atomic E-state index is 0.0643. The van der Waals surface area contributed by atoms with E-state index in [1.807, 2.05) is 18.2 Å². The van der Waals surface area contributed by atoms with Crippen LogP contribution in [0, 0.1) is 0 Å². The number of H-pyrrole nitrogens is 1.